The molecule has 0 radical (unpaired) electrons. The van der Waals surface area contributed by atoms with Gasteiger partial charge in [-0.15, -0.1) is 0 Å². The van der Waals surface area contributed by atoms with Crippen LogP contribution in [0, 0.1) is 34.6 Å². The van der Waals surface area contributed by atoms with Crippen molar-refractivity contribution in [1.29, 1.82) is 0 Å². The Morgan fingerprint density at radius 3 is 2.00 bits per heavy atom. The molecule has 0 heterocycles. The van der Waals surface area contributed by atoms with Crippen molar-refractivity contribution in [3.63, 3.8) is 0 Å². The minimum absolute atomic E-state index is 1.38. The lowest BCUT2D eigenvalue weighted by molar-refractivity contribution is 1.38. The molecule has 0 spiro atoms. The van der Waals surface area contributed by atoms with Gasteiger partial charge in [-0.1, -0.05) is 30.3 Å². The summed E-state index contributed by atoms with van der Waals surface area (Å²) in [5.74, 6) is 0. The first-order valence-corrected chi connectivity index (χ1v) is 7.64. The van der Waals surface area contributed by atoms with Crippen molar-refractivity contribution in [3.05, 3.63) is 58.1 Å². The fourth-order valence-corrected chi connectivity index (χ4v) is 3.95. The van der Waals surface area contributed by atoms with Gasteiger partial charge in [0.2, 0.25) is 0 Å². The molecule has 0 aliphatic carbocycles. The maximum Gasteiger partial charge on any atom is -0.00187 e. The third-order valence-corrected chi connectivity index (χ3v) is 5.14. The summed E-state index contributed by atoms with van der Waals surface area (Å²) >= 11 is 0. The Kier molecular flexibility index (Phi) is 2.39. The largest absolute Gasteiger partial charge is 0.0581 e. The van der Waals surface area contributed by atoms with E-state index < -0.39 is 0 Å². The molecule has 0 fully saturated rings. The average Bonchev–Trinajstić information content (AvgIpc) is 2.43. The summed E-state index contributed by atoms with van der Waals surface area (Å²) < 4.78 is 0. The van der Waals surface area contributed by atoms with Crippen LogP contribution in [-0.4, -0.2) is 0 Å². The first-order chi connectivity index (χ1) is 9.99. The standard InChI is InChI=1S/C21H20/c1-11-6-7-17-13(3)9-16-8-12(2)15(5)18-10-14(4)19(11)21(17)20(16)18/h6-10H,1-5H3. The van der Waals surface area contributed by atoms with Gasteiger partial charge in [0.05, 0.1) is 0 Å². The molecule has 0 heteroatoms. The van der Waals surface area contributed by atoms with Crippen LogP contribution in [0.15, 0.2) is 30.3 Å². The van der Waals surface area contributed by atoms with E-state index in [-0.39, 0.29) is 0 Å². The molecule has 0 bridgehead atoms. The van der Waals surface area contributed by atoms with E-state index in [2.05, 4.69) is 65.0 Å². The van der Waals surface area contributed by atoms with E-state index in [4.69, 9.17) is 0 Å². The molecule has 0 atom stereocenters. The molecule has 4 aromatic rings. The number of hydrogen-bond donors (Lipinski definition) is 0. The van der Waals surface area contributed by atoms with Gasteiger partial charge in [0, 0.05) is 0 Å². The molecule has 4 aromatic carbocycles. The molecule has 0 saturated carbocycles. The highest BCUT2D eigenvalue weighted by Gasteiger charge is 2.15. The normalized spacial score (nSPS) is 12.0. The summed E-state index contributed by atoms with van der Waals surface area (Å²) in [6, 6.07) is 11.6. The fraction of sp³-hybridized carbons (Fsp3) is 0.238. The highest BCUT2D eigenvalue weighted by Crippen LogP contribution is 2.41. The van der Waals surface area contributed by atoms with Gasteiger partial charge in [0.15, 0.2) is 0 Å². The maximum atomic E-state index is 2.38. The zero-order valence-electron chi connectivity index (χ0n) is 13.4. The van der Waals surface area contributed by atoms with Crippen LogP contribution >= 0.6 is 0 Å². The topological polar surface area (TPSA) is 0 Å². The summed E-state index contributed by atoms with van der Waals surface area (Å²) in [6.07, 6.45) is 0. The van der Waals surface area contributed by atoms with Crippen molar-refractivity contribution >= 4 is 32.3 Å². The van der Waals surface area contributed by atoms with Gasteiger partial charge < -0.3 is 0 Å². The summed E-state index contributed by atoms with van der Waals surface area (Å²) in [5, 5.41) is 8.56. The predicted molar refractivity (Wildman–Crippen MR) is 93.8 cm³/mol. The van der Waals surface area contributed by atoms with Crippen LogP contribution < -0.4 is 0 Å². The molecular formula is C21H20. The Morgan fingerprint density at radius 2 is 1.24 bits per heavy atom. The summed E-state index contributed by atoms with van der Waals surface area (Å²) in [5.41, 5.74) is 6.96. The molecule has 0 amide bonds. The molecule has 0 unspecified atom stereocenters. The third kappa shape index (κ3) is 1.51. The van der Waals surface area contributed by atoms with E-state index in [1.54, 1.807) is 0 Å². The molecule has 0 aliphatic heterocycles. The Balaban J connectivity index is 2.49. The van der Waals surface area contributed by atoms with Crippen molar-refractivity contribution in [1.82, 2.24) is 0 Å². The smallest absolute Gasteiger partial charge is 0.00187 e. The van der Waals surface area contributed by atoms with Crippen molar-refractivity contribution in [2.24, 2.45) is 0 Å². The first kappa shape index (κ1) is 12.6. The number of benzene rings is 4. The first-order valence-electron chi connectivity index (χ1n) is 7.64. The Hall–Kier alpha value is -2.08. The van der Waals surface area contributed by atoms with Gasteiger partial charge in [-0.3, -0.25) is 0 Å². The van der Waals surface area contributed by atoms with Gasteiger partial charge in [0.25, 0.3) is 0 Å². The molecule has 0 aromatic heterocycles. The zero-order chi connectivity index (χ0) is 14.9. The molecule has 0 N–H and O–H groups in total. The number of hydrogen-bond acceptors (Lipinski definition) is 0. The van der Waals surface area contributed by atoms with Crippen LogP contribution in [0.4, 0.5) is 0 Å². The van der Waals surface area contributed by atoms with Crippen LogP contribution in [0.5, 0.6) is 0 Å². The van der Waals surface area contributed by atoms with E-state index in [1.165, 1.54) is 60.1 Å². The fourth-order valence-electron chi connectivity index (χ4n) is 3.95. The molecule has 21 heavy (non-hydrogen) atoms. The lowest BCUT2D eigenvalue weighted by Gasteiger charge is -2.19. The van der Waals surface area contributed by atoms with Gasteiger partial charge >= 0.3 is 0 Å². The van der Waals surface area contributed by atoms with Gasteiger partial charge in [-0.05, 0) is 94.8 Å². The molecule has 104 valence electrons. The van der Waals surface area contributed by atoms with Crippen LogP contribution in [0.2, 0.25) is 0 Å². The van der Waals surface area contributed by atoms with Gasteiger partial charge in [-0.25, -0.2) is 0 Å². The van der Waals surface area contributed by atoms with Gasteiger partial charge in [-0.2, -0.15) is 0 Å². The second kappa shape index (κ2) is 3.98. The summed E-state index contributed by atoms with van der Waals surface area (Å²) in [7, 11) is 0. The Labute approximate surface area is 125 Å². The van der Waals surface area contributed by atoms with Crippen LogP contribution in [-0.2, 0) is 0 Å². The second-order valence-electron chi connectivity index (χ2n) is 6.53. The number of aryl methyl sites for hydroxylation is 5. The van der Waals surface area contributed by atoms with Crippen LogP contribution in [0.25, 0.3) is 32.3 Å². The maximum absolute atomic E-state index is 2.38. The minimum Gasteiger partial charge on any atom is -0.0581 e. The van der Waals surface area contributed by atoms with E-state index in [1.807, 2.05) is 0 Å². The number of rotatable bonds is 0. The summed E-state index contributed by atoms with van der Waals surface area (Å²) in [6.45, 7) is 11.2. The van der Waals surface area contributed by atoms with Crippen LogP contribution in [0.1, 0.15) is 27.8 Å². The zero-order valence-corrected chi connectivity index (χ0v) is 13.4. The highest BCUT2D eigenvalue weighted by atomic mass is 14.2. The van der Waals surface area contributed by atoms with Crippen molar-refractivity contribution in [2.45, 2.75) is 34.6 Å². The van der Waals surface area contributed by atoms with Crippen molar-refractivity contribution in [2.75, 3.05) is 0 Å². The van der Waals surface area contributed by atoms with E-state index in [9.17, 15) is 0 Å². The lowest BCUT2D eigenvalue weighted by atomic mass is 9.85. The molecule has 4 rings (SSSR count). The van der Waals surface area contributed by atoms with Crippen molar-refractivity contribution in [3.8, 4) is 0 Å². The van der Waals surface area contributed by atoms with E-state index >= 15 is 0 Å². The van der Waals surface area contributed by atoms with E-state index in [0.717, 1.165) is 0 Å². The highest BCUT2D eigenvalue weighted by molar-refractivity contribution is 6.25. The average molecular weight is 272 g/mol. The lowest BCUT2D eigenvalue weighted by Crippen LogP contribution is -1.94. The van der Waals surface area contributed by atoms with Gasteiger partial charge in [0.1, 0.15) is 0 Å². The molecule has 0 aliphatic rings. The van der Waals surface area contributed by atoms with Crippen molar-refractivity contribution < 1.29 is 0 Å². The monoisotopic (exact) mass is 272 g/mol. The molecule has 0 saturated heterocycles. The SMILES string of the molecule is Cc1cc2cc(C)c3ccc(C)c4c(C)cc(c1C)c2c34. The molecule has 0 nitrogen and oxygen atoms in total. The second-order valence-corrected chi connectivity index (χ2v) is 6.53. The predicted octanol–water partition coefficient (Wildman–Crippen LogP) is 6.13. The molecular weight excluding hydrogens is 252 g/mol. The summed E-state index contributed by atoms with van der Waals surface area (Å²) in [4.78, 5) is 0. The Bertz CT molecular complexity index is 1020. The quantitative estimate of drug-likeness (QED) is 0.338. The Morgan fingerprint density at radius 1 is 0.524 bits per heavy atom. The van der Waals surface area contributed by atoms with E-state index in [0.29, 0.717) is 0 Å². The minimum atomic E-state index is 1.38. The third-order valence-electron chi connectivity index (χ3n) is 5.14. The van der Waals surface area contributed by atoms with Crippen LogP contribution in [0.3, 0.4) is 0 Å².